The number of alkyl halides is 2. The fourth-order valence-corrected chi connectivity index (χ4v) is 3.34. The van der Waals surface area contributed by atoms with Crippen LogP contribution < -0.4 is 5.32 Å². The number of carbonyl (C=O) groups excluding carboxylic acids is 1. The largest absolute Gasteiger partial charge is 0.453 e. The molecule has 30 heavy (non-hydrogen) atoms. The lowest BCUT2D eigenvalue weighted by Crippen LogP contribution is -2.22. The first kappa shape index (κ1) is 21.7. The molecule has 1 amide bonds. The molecule has 3 rings (SSSR count). The zero-order chi connectivity index (χ0) is 21.8. The third-order valence-electron chi connectivity index (χ3n) is 4.29. The van der Waals surface area contributed by atoms with Gasteiger partial charge in [-0.05, 0) is 42.3 Å². The third kappa shape index (κ3) is 4.93. The molecule has 0 saturated heterocycles. The zero-order valence-corrected chi connectivity index (χ0v) is 16.8. The number of aromatic nitrogens is 2. The van der Waals surface area contributed by atoms with Crippen LogP contribution in [0.15, 0.2) is 47.5 Å². The highest BCUT2D eigenvalue weighted by Crippen LogP contribution is 2.30. The molecule has 3 aromatic rings. The summed E-state index contributed by atoms with van der Waals surface area (Å²) in [4.78, 5) is 11.1. The van der Waals surface area contributed by atoms with Gasteiger partial charge in [0.05, 0.1) is 12.8 Å². The Balaban J connectivity index is 1.89. The third-order valence-corrected chi connectivity index (χ3v) is 4.97. The Morgan fingerprint density at radius 1 is 1.20 bits per heavy atom. The van der Waals surface area contributed by atoms with Crippen LogP contribution in [0, 0.1) is 18.6 Å². The van der Waals surface area contributed by atoms with Gasteiger partial charge in [0.2, 0.25) is 0 Å². The van der Waals surface area contributed by atoms with Gasteiger partial charge in [0, 0.05) is 23.2 Å². The number of ether oxygens (including phenoxy) is 1. The summed E-state index contributed by atoms with van der Waals surface area (Å²) in [5.74, 6) is -4.78. The number of nitrogens with one attached hydrogen (secondary N) is 1. The second-order valence-corrected chi connectivity index (χ2v) is 7.31. The summed E-state index contributed by atoms with van der Waals surface area (Å²) >= 11 is 0.0620. The summed E-state index contributed by atoms with van der Waals surface area (Å²) in [5.41, 5.74) is 2.40. The minimum atomic E-state index is -2.78. The van der Waals surface area contributed by atoms with E-state index < -0.39 is 29.2 Å². The van der Waals surface area contributed by atoms with Crippen LogP contribution in [0.2, 0.25) is 0 Å². The van der Waals surface area contributed by atoms with Gasteiger partial charge in [-0.1, -0.05) is 23.9 Å². The molecule has 0 aliphatic heterocycles. The molecule has 0 radical (unpaired) electrons. The van der Waals surface area contributed by atoms with Gasteiger partial charge in [0.25, 0.3) is 5.76 Å². The molecule has 0 aliphatic carbocycles. The highest BCUT2D eigenvalue weighted by atomic mass is 32.2. The summed E-state index contributed by atoms with van der Waals surface area (Å²) in [5, 5.41) is 6.81. The van der Waals surface area contributed by atoms with E-state index in [0.29, 0.717) is 11.3 Å². The van der Waals surface area contributed by atoms with Crippen LogP contribution in [0.3, 0.4) is 0 Å². The van der Waals surface area contributed by atoms with Crippen LogP contribution in [-0.4, -0.2) is 28.7 Å². The fourth-order valence-electron chi connectivity index (χ4n) is 2.80. The van der Waals surface area contributed by atoms with Crippen LogP contribution in [-0.2, 0) is 11.3 Å². The Bertz CT molecular complexity index is 1050. The zero-order valence-electron chi connectivity index (χ0n) is 16.0. The van der Waals surface area contributed by atoms with Crippen LogP contribution in [0.25, 0.3) is 16.9 Å². The van der Waals surface area contributed by atoms with E-state index in [9.17, 15) is 22.4 Å². The molecule has 0 unspecified atom stereocenters. The van der Waals surface area contributed by atoms with Gasteiger partial charge in [-0.25, -0.2) is 18.3 Å². The van der Waals surface area contributed by atoms with Gasteiger partial charge in [-0.3, -0.25) is 0 Å². The maximum Gasteiger partial charge on any atom is 0.407 e. The molecule has 158 valence electrons. The second kappa shape index (κ2) is 9.21. The highest BCUT2D eigenvalue weighted by Gasteiger charge is 2.17. The lowest BCUT2D eigenvalue weighted by Gasteiger charge is -2.09. The number of thioether (sulfide) groups is 1. The SMILES string of the molecule is COC(=O)NCc1cc(-c2ccn(-c3c(F)cc(SC(F)F)cc3F)n2)ccc1C. The lowest BCUT2D eigenvalue weighted by atomic mass is 10.0. The van der Waals surface area contributed by atoms with E-state index in [1.807, 2.05) is 13.0 Å². The quantitative estimate of drug-likeness (QED) is 0.419. The van der Waals surface area contributed by atoms with Crippen LogP contribution >= 0.6 is 11.8 Å². The standard InChI is InChI=1S/C20H17F4N3O2S/c1-11-3-4-12(7-13(11)10-25-20(28)29-2)17-5-6-27(26-17)18-15(21)8-14(9-16(18)22)30-19(23)24/h3-9,19H,10H2,1-2H3,(H,25,28). The number of rotatable bonds is 6. The van der Waals surface area contributed by atoms with Crippen molar-refractivity contribution in [2.45, 2.75) is 24.1 Å². The van der Waals surface area contributed by atoms with Gasteiger partial charge < -0.3 is 10.1 Å². The number of alkyl carbamates (subject to hydrolysis) is 1. The normalized spacial score (nSPS) is 11.0. The Morgan fingerprint density at radius 2 is 1.90 bits per heavy atom. The summed E-state index contributed by atoms with van der Waals surface area (Å²) in [6, 6.07) is 8.69. The molecule has 1 aromatic heterocycles. The predicted octanol–water partition coefficient (Wildman–Crippen LogP) is 5.30. The Morgan fingerprint density at radius 3 is 2.53 bits per heavy atom. The minimum Gasteiger partial charge on any atom is -0.453 e. The number of benzene rings is 2. The number of hydrogen-bond donors (Lipinski definition) is 1. The van der Waals surface area contributed by atoms with Crippen molar-refractivity contribution in [1.29, 1.82) is 0 Å². The van der Waals surface area contributed by atoms with Crippen molar-refractivity contribution >= 4 is 17.9 Å². The van der Waals surface area contributed by atoms with Gasteiger partial charge in [-0.2, -0.15) is 13.9 Å². The fraction of sp³-hybridized carbons (Fsp3) is 0.200. The summed E-state index contributed by atoms with van der Waals surface area (Å²) in [6.45, 7) is 2.11. The van der Waals surface area contributed by atoms with E-state index in [2.05, 4.69) is 15.2 Å². The van der Waals surface area contributed by atoms with Gasteiger partial charge in [0.1, 0.15) is 5.69 Å². The maximum absolute atomic E-state index is 14.4. The van der Waals surface area contributed by atoms with Crippen molar-refractivity contribution in [3.8, 4) is 16.9 Å². The molecule has 1 N–H and O–H groups in total. The Hall–Kier alpha value is -3.01. The first-order chi connectivity index (χ1) is 14.3. The summed E-state index contributed by atoms with van der Waals surface area (Å²) in [6.07, 6.45) is 0.812. The minimum absolute atomic E-state index is 0.0620. The molecule has 2 aromatic carbocycles. The van der Waals surface area contributed by atoms with E-state index in [1.165, 1.54) is 13.3 Å². The maximum atomic E-state index is 14.4. The topological polar surface area (TPSA) is 56.1 Å². The van der Waals surface area contributed by atoms with Crippen molar-refractivity contribution in [3.63, 3.8) is 0 Å². The monoisotopic (exact) mass is 439 g/mol. The molecule has 0 aliphatic rings. The van der Waals surface area contributed by atoms with Crippen molar-refractivity contribution < 1.29 is 27.1 Å². The second-order valence-electron chi connectivity index (χ2n) is 6.25. The molecule has 0 spiro atoms. The molecule has 10 heteroatoms. The predicted molar refractivity (Wildman–Crippen MR) is 105 cm³/mol. The number of aryl methyl sites for hydroxylation is 1. The van der Waals surface area contributed by atoms with Crippen molar-refractivity contribution in [2.75, 3.05) is 7.11 Å². The van der Waals surface area contributed by atoms with Crippen molar-refractivity contribution in [1.82, 2.24) is 15.1 Å². The first-order valence-corrected chi connectivity index (χ1v) is 9.58. The molecule has 0 fully saturated rings. The average molecular weight is 439 g/mol. The van der Waals surface area contributed by atoms with Crippen molar-refractivity contribution in [2.24, 2.45) is 0 Å². The van der Waals surface area contributed by atoms with E-state index in [1.54, 1.807) is 18.2 Å². The van der Waals surface area contributed by atoms with Crippen molar-refractivity contribution in [3.05, 3.63) is 65.4 Å². The molecule has 0 saturated carbocycles. The number of halogens is 4. The molecule has 1 heterocycles. The van der Waals surface area contributed by atoms with E-state index in [-0.39, 0.29) is 23.2 Å². The van der Waals surface area contributed by atoms with Crippen LogP contribution in [0.5, 0.6) is 0 Å². The lowest BCUT2D eigenvalue weighted by molar-refractivity contribution is 0.170. The summed E-state index contributed by atoms with van der Waals surface area (Å²) < 4.78 is 59.2. The van der Waals surface area contributed by atoms with E-state index in [4.69, 9.17) is 0 Å². The molecule has 0 atom stereocenters. The number of methoxy groups -OCH3 is 1. The Kier molecular flexibility index (Phi) is 6.66. The van der Waals surface area contributed by atoms with E-state index in [0.717, 1.165) is 27.9 Å². The highest BCUT2D eigenvalue weighted by molar-refractivity contribution is 7.99. The molecule has 5 nitrogen and oxygen atoms in total. The van der Waals surface area contributed by atoms with Crippen LogP contribution in [0.4, 0.5) is 22.4 Å². The van der Waals surface area contributed by atoms with E-state index >= 15 is 0 Å². The van der Waals surface area contributed by atoms with Gasteiger partial charge in [-0.15, -0.1) is 0 Å². The molecule has 0 bridgehead atoms. The average Bonchev–Trinajstić information content (AvgIpc) is 3.15. The number of carbonyl (C=O) groups is 1. The number of hydrogen-bond acceptors (Lipinski definition) is 4. The van der Waals surface area contributed by atoms with Crippen LogP contribution in [0.1, 0.15) is 11.1 Å². The van der Waals surface area contributed by atoms with Gasteiger partial charge >= 0.3 is 6.09 Å². The molecular weight excluding hydrogens is 422 g/mol. The Labute approximate surface area is 174 Å². The smallest absolute Gasteiger partial charge is 0.407 e. The first-order valence-electron chi connectivity index (χ1n) is 8.70. The molecular formula is C20H17F4N3O2S. The number of amides is 1. The van der Waals surface area contributed by atoms with Gasteiger partial charge in [0.15, 0.2) is 11.6 Å². The number of nitrogens with zero attached hydrogens (tertiary/aromatic N) is 2. The summed E-state index contributed by atoms with van der Waals surface area (Å²) in [7, 11) is 1.27.